The molecule has 0 N–H and O–H groups in total. The lowest BCUT2D eigenvalue weighted by atomic mass is 9.90. The van der Waals surface area contributed by atoms with Gasteiger partial charge in [-0.2, -0.15) is 0 Å². The van der Waals surface area contributed by atoms with Gasteiger partial charge >= 0.3 is 0 Å². The second-order valence-electron chi connectivity index (χ2n) is 6.34. The van der Waals surface area contributed by atoms with Gasteiger partial charge < -0.3 is 19.3 Å². The normalized spacial score (nSPS) is 33.5. The first-order valence-corrected chi connectivity index (χ1v) is 7.90. The summed E-state index contributed by atoms with van der Waals surface area (Å²) in [7, 11) is 0. The highest BCUT2D eigenvalue weighted by Crippen LogP contribution is 2.30. The summed E-state index contributed by atoms with van der Waals surface area (Å²) in [6.07, 6.45) is 3.35. The molecule has 0 aromatic rings. The summed E-state index contributed by atoms with van der Waals surface area (Å²) in [6.45, 7) is 5.42. The van der Waals surface area contributed by atoms with Gasteiger partial charge in [-0.3, -0.25) is 9.59 Å². The van der Waals surface area contributed by atoms with Crippen molar-refractivity contribution in [3.8, 4) is 0 Å². The molecule has 3 fully saturated rings. The van der Waals surface area contributed by atoms with Gasteiger partial charge in [0.15, 0.2) is 0 Å². The molecule has 2 amide bonds. The van der Waals surface area contributed by atoms with Crippen molar-refractivity contribution in [2.45, 2.75) is 44.3 Å². The summed E-state index contributed by atoms with van der Waals surface area (Å²) in [5.74, 6) is 0.176. The highest BCUT2D eigenvalue weighted by atomic mass is 16.5. The third kappa shape index (κ3) is 3.06. The summed E-state index contributed by atoms with van der Waals surface area (Å²) in [5, 5.41) is 0. The Bertz CT molecular complexity index is 418. The minimum atomic E-state index is -0.379. The third-order valence-corrected chi connectivity index (χ3v) is 4.75. The average Bonchev–Trinajstić information content (AvgIpc) is 3.00. The summed E-state index contributed by atoms with van der Waals surface area (Å²) < 4.78 is 11.5. The number of piperidine rings is 1. The molecule has 0 aromatic heterocycles. The van der Waals surface area contributed by atoms with Gasteiger partial charge in [0.1, 0.15) is 11.7 Å². The number of carbonyl (C=O) groups excluding carboxylic acids is 2. The van der Waals surface area contributed by atoms with Crippen LogP contribution in [0, 0.1) is 0 Å². The highest BCUT2D eigenvalue weighted by molar-refractivity contribution is 5.81. The standard InChI is InChI=1S/C15H24N2O4/c1-12(18)16-6-3-5-15(10-16)11-17(7-9-21-15)14(19)13-4-2-8-20-13/h13H,2-11H2,1H3/t13-,15+/m0/s1. The van der Waals surface area contributed by atoms with E-state index in [0.29, 0.717) is 32.8 Å². The van der Waals surface area contributed by atoms with Gasteiger partial charge in [-0.25, -0.2) is 0 Å². The molecule has 0 aromatic carbocycles. The highest BCUT2D eigenvalue weighted by Gasteiger charge is 2.43. The molecule has 0 saturated carbocycles. The fourth-order valence-electron chi connectivity index (χ4n) is 3.62. The molecule has 0 bridgehead atoms. The largest absolute Gasteiger partial charge is 0.369 e. The third-order valence-electron chi connectivity index (χ3n) is 4.75. The first-order chi connectivity index (χ1) is 10.1. The Morgan fingerprint density at radius 1 is 1.10 bits per heavy atom. The van der Waals surface area contributed by atoms with Gasteiger partial charge in [-0.1, -0.05) is 0 Å². The van der Waals surface area contributed by atoms with E-state index in [1.807, 2.05) is 9.80 Å². The molecular formula is C15H24N2O4. The first-order valence-electron chi connectivity index (χ1n) is 7.90. The van der Waals surface area contributed by atoms with Crippen molar-refractivity contribution in [1.82, 2.24) is 9.80 Å². The number of morpholine rings is 1. The van der Waals surface area contributed by atoms with Gasteiger partial charge in [-0.15, -0.1) is 0 Å². The van der Waals surface area contributed by atoms with Gasteiger partial charge in [-0.05, 0) is 25.7 Å². The van der Waals surface area contributed by atoms with E-state index in [-0.39, 0.29) is 23.5 Å². The predicted octanol–water partition coefficient (Wildman–Crippen LogP) is 0.405. The lowest BCUT2D eigenvalue weighted by Gasteiger charge is -2.48. The Labute approximate surface area is 125 Å². The molecule has 3 rings (SSSR count). The lowest BCUT2D eigenvalue weighted by Crippen LogP contribution is -2.62. The first kappa shape index (κ1) is 14.8. The van der Waals surface area contributed by atoms with Crippen LogP contribution in [0.5, 0.6) is 0 Å². The molecule has 0 aliphatic carbocycles. The second kappa shape index (κ2) is 5.93. The van der Waals surface area contributed by atoms with Crippen molar-refractivity contribution in [1.29, 1.82) is 0 Å². The molecule has 118 valence electrons. The molecule has 0 radical (unpaired) electrons. The van der Waals surface area contributed by atoms with Gasteiger partial charge in [0.05, 0.1) is 19.7 Å². The van der Waals surface area contributed by atoms with Crippen LogP contribution in [-0.4, -0.2) is 72.7 Å². The molecule has 3 aliphatic heterocycles. The zero-order valence-electron chi connectivity index (χ0n) is 12.7. The Hall–Kier alpha value is -1.14. The van der Waals surface area contributed by atoms with E-state index in [4.69, 9.17) is 9.47 Å². The number of ether oxygens (including phenoxy) is 2. The van der Waals surface area contributed by atoms with Gasteiger partial charge in [0.25, 0.3) is 5.91 Å². The van der Waals surface area contributed by atoms with E-state index in [1.165, 1.54) is 0 Å². The van der Waals surface area contributed by atoms with E-state index in [9.17, 15) is 9.59 Å². The molecule has 0 unspecified atom stereocenters. The van der Waals surface area contributed by atoms with E-state index in [2.05, 4.69) is 0 Å². The van der Waals surface area contributed by atoms with Crippen LogP contribution in [-0.2, 0) is 19.1 Å². The van der Waals surface area contributed by atoms with Crippen molar-refractivity contribution >= 4 is 11.8 Å². The van der Waals surface area contributed by atoms with Crippen LogP contribution in [0.1, 0.15) is 32.6 Å². The maximum Gasteiger partial charge on any atom is 0.251 e. The quantitative estimate of drug-likeness (QED) is 0.703. The molecule has 3 aliphatic rings. The van der Waals surface area contributed by atoms with E-state index in [0.717, 1.165) is 32.2 Å². The van der Waals surface area contributed by atoms with Gasteiger partial charge in [0.2, 0.25) is 5.91 Å². The Morgan fingerprint density at radius 3 is 2.62 bits per heavy atom. The van der Waals surface area contributed by atoms with Gasteiger partial charge in [0, 0.05) is 26.6 Å². The predicted molar refractivity (Wildman–Crippen MR) is 75.7 cm³/mol. The number of carbonyl (C=O) groups is 2. The topological polar surface area (TPSA) is 59.1 Å². The minimum Gasteiger partial charge on any atom is -0.369 e. The average molecular weight is 296 g/mol. The van der Waals surface area contributed by atoms with Crippen molar-refractivity contribution in [3.05, 3.63) is 0 Å². The Morgan fingerprint density at radius 2 is 1.90 bits per heavy atom. The van der Waals surface area contributed by atoms with Crippen molar-refractivity contribution < 1.29 is 19.1 Å². The van der Waals surface area contributed by atoms with Crippen LogP contribution in [0.4, 0.5) is 0 Å². The number of nitrogens with zero attached hydrogens (tertiary/aromatic N) is 2. The molecule has 21 heavy (non-hydrogen) atoms. The maximum absolute atomic E-state index is 12.5. The monoisotopic (exact) mass is 296 g/mol. The molecule has 6 nitrogen and oxygen atoms in total. The zero-order valence-corrected chi connectivity index (χ0v) is 12.7. The number of hydrogen-bond donors (Lipinski definition) is 0. The smallest absolute Gasteiger partial charge is 0.251 e. The minimum absolute atomic E-state index is 0.0836. The summed E-state index contributed by atoms with van der Waals surface area (Å²) >= 11 is 0. The molecule has 6 heteroatoms. The van der Waals surface area contributed by atoms with E-state index in [1.54, 1.807) is 6.92 Å². The van der Waals surface area contributed by atoms with Crippen molar-refractivity contribution in [2.75, 3.05) is 39.4 Å². The lowest BCUT2D eigenvalue weighted by molar-refractivity contribution is -0.170. The number of hydrogen-bond acceptors (Lipinski definition) is 4. The van der Waals surface area contributed by atoms with Crippen LogP contribution in [0.15, 0.2) is 0 Å². The Balaban J connectivity index is 1.67. The van der Waals surface area contributed by atoms with Crippen molar-refractivity contribution in [3.63, 3.8) is 0 Å². The maximum atomic E-state index is 12.5. The molecule has 1 spiro atoms. The van der Waals surface area contributed by atoms with Crippen LogP contribution in [0.25, 0.3) is 0 Å². The zero-order chi connectivity index (χ0) is 14.9. The summed E-state index contributed by atoms with van der Waals surface area (Å²) in [4.78, 5) is 27.8. The van der Waals surface area contributed by atoms with Crippen LogP contribution < -0.4 is 0 Å². The van der Waals surface area contributed by atoms with E-state index >= 15 is 0 Å². The molecular weight excluding hydrogens is 272 g/mol. The summed E-state index contributed by atoms with van der Waals surface area (Å²) in [6, 6.07) is 0. The van der Waals surface area contributed by atoms with Crippen LogP contribution in [0.3, 0.4) is 0 Å². The van der Waals surface area contributed by atoms with E-state index < -0.39 is 0 Å². The number of likely N-dealkylation sites (tertiary alicyclic amines) is 1. The number of rotatable bonds is 1. The SMILES string of the molecule is CC(=O)N1CCC[C@@]2(C1)CN(C(=O)[C@@H]1CCCO1)CCO2. The fraction of sp³-hybridized carbons (Fsp3) is 0.867. The van der Waals surface area contributed by atoms with Crippen LogP contribution >= 0.6 is 0 Å². The Kier molecular flexibility index (Phi) is 4.17. The molecule has 3 saturated heterocycles. The summed E-state index contributed by atoms with van der Waals surface area (Å²) in [5.41, 5.74) is -0.379. The molecule has 3 heterocycles. The van der Waals surface area contributed by atoms with Crippen LogP contribution in [0.2, 0.25) is 0 Å². The second-order valence-corrected chi connectivity index (χ2v) is 6.34. The molecule has 2 atom stereocenters. The number of amides is 2. The van der Waals surface area contributed by atoms with Crippen molar-refractivity contribution in [2.24, 2.45) is 0 Å². The fourth-order valence-corrected chi connectivity index (χ4v) is 3.62.